The van der Waals surface area contributed by atoms with Gasteiger partial charge < -0.3 is 15.5 Å². The second-order valence-electron chi connectivity index (χ2n) is 5.46. The zero-order valence-corrected chi connectivity index (χ0v) is 15.1. The number of amides is 2. The molecule has 2 N–H and O–H groups in total. The molecule has 1 unspecified atom stereocenters. The van der Waals surface area contributed by atoms with Gasteiger partial charge in [-0.25, -0.2) is 0 Å². The number of benzene rings is 1. The van der Waals surface area contributed by atoms with E-state index in [1.54, 1.807) is 24.1 Å². The highest BCUT2D eigenvalue weighted by atomic mass is 35.5. The van der Waals surface area contributed by atoms with Crippen molar-refractivity contribution in [1.29, 1.82) is 0 Å². The predicted octanol–water partition coefficient (Wildman–Crippen LogP) is 1.52. The van der Waals surface area contributed by atoms with Crippen LogP contribution in [0.25, 0.3) is 0 Å². The molecule has 0 bridgehead atoms. The van der Waals surface area contributed by atoms with Gasteiger partial charge in [-0.05, 0) is 17.7 Å². The van der Waals surface area contributed by atoms with Gasteiger partial charge in [0.2, 0.25) is 5.91 Å². The van der Waals surface area contributed by atoms with Gasteiger partial charge >= 0.3 is 0 Å². The summed E-state index contributed by atoms with van der Waals surface area (Å²) in [7, 11) is 3.44. The Hall–Kier alpha value is -1.24. The normalized spacial score (nSPS) is 17.0. The van der Waals surface area contributed by atoms with Gasteiger partial charge in [0, 0.05) is 56.7 Å². The number of hydrogen-bond donors (Lipinski definition) is 2. The van der Waals surface area contributed by atoms with Crippen LogP contribution in [-0.2, 0) is 11.3 Å². The molecule has 1 saturated heterocycles. The van der Waals surface area contributed by atoms with Crippen LogP contribution in [0.15, 0.2) is 24.3 Å². The van der Waals surface area contributed by atoms with Crippen molar-refractivity contribution >= 4 is 36.0 Å². The van der Waals surface area contributed by atoms with E-state index in [-0.39, 0.29) is 30.3 Å². The van der Waals surface area contributed by atoms with Gasteiger partial charge in [-0.1, -0.05) is 12.1 Å². The van der Waals surface area contributed by atoms with Crippen LogP contribution in [0.3, 0.4) is 0 Å². The molecule has 7 heteroatoms. The van der Waals surface area contributed by atoms with E-state index < -0.39 is 0 Å². The fourth-order valence-corrected chi connectivity index (χ4v) is 3.33. The van der Waals surface area contributed by atoms with Crippen molar-refractivity contribution in [2.75, 3.05) is 32.1 Å². The molecule has 0 radical (unpaired) electrons. The zero-order chi connectivity index (χ0) is 15.9. The molecule has 0 aliphatic carbocycles. The van der Waals surface area contributed by atoms with Crippen LogP contribution in [0.2, 0.25) is 0 Å². The SMILES string of the molecule is CNC(=O)c1ccc(CN(C)C(=O)CC2CSCCN2)cc1.Cl. The van der Waals surface area contributed by atoms with Gasteiger partial charge in [0.1, 0.15) is 0 Å². The van der Waals surface area contributed by atoms with Crippen LogP contribution in [-0.4, -0.2) is 54.9 Å². The molecule has 0 spiro atoms. The molecule has 1 atom stereocenters. The van der Waals surface area contributed by atoms with Crippen LogP contribution >= 0.6 is 24.2 Å². The number of carbonyl (C=O) groups excluding carboxylic acids is 2. The van der Waals surface area contributed by atoms with Crippen molar-refractivity contribution in [2.24, 2.45) is 0 Å². The summed E-state index contributed by atoms with van der Waals surface area (Å²) in [5.41, 5.74) is 1.65. The highest BCUT2D eigenvalue weighted by Crippen LogP contribution is 2.13. The summed E-state index contributed by atoms with van der Waals surface area (Å²) in [6, 6.07) is 7.63. The van der Waals surface area contributed by atoms with Crippen molar-refractivity contribution in [1.82, 2.24) is 15.5 Å². The lowest BCUT2D eigenvalue weighted by Gasteiger charge is -2.25. The topological polar surface area (TPSA) is 61.4 Å². The maximum atomic E-state index is 12.2. The Bertz CT molecular complexity index is 519. The molecule has 128 valence electrons. The minimum atomic E-state index is -0.100. The summed E-state index contributed by atoms with van der Waals surface area (Å²) in [6.45, 7) is 1.54. The quantitative estimate of drug-likeness (QED) is 0.838. The average Bonchev–Trinajstić information content (AvgIpc) is 2.55. The minimum absolute atomic E-state index is 0. The lowest BCUT2D eigenvalue weighted by atomic mass is 10.1. The molecule has 1 heterocycles. The van der Waals surface area contributed by atoms with Gasteiger partial charge in [-0.3, -0.25) is 9.59 Å². The number of nitrogens with zero attached hydrogens (tertiary/aromatic N) is 1. The van der Waals surface area contributed by atoms with E-state index >= 15 is 0 Å². The summed E-state index contributed by atoms with van der Waals surface area (Å²) in [4.78, 5) is 25.5. The third kappa shape index (κ3) is 6.05. The summed E-state index contributed by atoms with van der Waals surface area (Å²) in [5, 5.41) is 5.98. The Labute approximate surface area is 148 Å². The Morgan fingerprint density at radius 3 is 2.61 bits per heavy atom. The first-order valence-corrected chi connectivity index (χ1v) is 8.61. The number of thioether (sulfide) groups is 1. The Balaban J connectivity index is 0.00000264. The number of nitrogens with one attached hydrogen (secondary N) is 2. The van der Waals surface area contributed by atoms with Crippen molar-refractivity contribution in [3.63, 3.8) is 0 Å². The van der Waals surface area contributed by atoms with Crippen molar-refractivity contribution in [3.05, 3.63) is 35.4 Å². The third-order valence-corrected chi connectivity index (χ3v) is 4.84. The van der Waals surface area contributed by atoms with Gasteiger partial charge in [0.05, 0.1) is 0 Å². The van der Waals surface area contributed by atoms with Gasteiger partial charge in [0.25, 0.3) is 5.91 Å². The summed E-state index contributed by atoms with van der Waals surface area (Å²) in [5.74, 6) is 2.17. The van der Waals surface area contributed by atoms with Crippen LogP contribution < -0.4 is 10.6 Å². The van der Waals surface area contributed by atoms with Gasteiger partial charge in [0.15, 0.2) is 0 Å². The maximum absolute atomic E-state index is 12.2. The highest BCUT2D eigenvalue weighted by molar-refractivity contribution is 7.99. The molecule has 1 aliphatic heterocycles. The largest absolute Gasteiger partial charge is 0.355 e. The standard InChI is InChI=1S/C16H23N3O2S.ClH/c1-17-16(21)13-5-3-12(4-6-13)10-19(2)15(20)9-14-11-22-8-7-18-14;/h3-6,14,18H,7-11H2,1-2H3,(H,17,21);1H. The molecule has 2 amide bonds. The second-order valence-corrected chi connectivity index (χ2v) is 6.61. The number of rotatable bonds is 5. The molecule has 1 fully saturated rings. The summed E-state index contributed by atoms with van der Waals surface area (Å²) < 4.78 is 0. The van der Waals surface area contributed by atoms with E-state index in [1.807, 2.05) is 30.9 Å². The van der Waals surface area contributed by atoms with E-state index in [0.717, 1.165) is 23.6 Å². The van der Waals surface area contributed by atoms with E-state index in [9.17, 15) is 9.59 Å². The predicted molar refractivity (Wildman–Crippen MR) is 97.3 cm³/mol. The maximum Gasteiger partial charge on any atom is 0.251 e. The van der Waals surface area contributed by atoms with E-state index in [0.29, 0.717) is 18.5 Å². The average molecular weight is 358 g/mol. The highest BCUT2D eigenvalue weighted by Gasteiger charge is 2.19. The molecule has 1 aliphatic rings. The molecular formula is C16H24ClN3O2S. The van der Waals surface area contributed by atoms with Crippen molar-refractivity contribution in [2.45, 2.75) is 19.0 Å². The molecular weight excluding hydrogens is 334 g/mol. The molecule has 1 aromatic carbocycles. The van der Waals surface area contributed by atoms with Crippen molar-refractivity contribution in [3.8, 4) is 0 Å². The first-order chi connectivity index (χ1) is 10.6. The fourth-order valence-electron chi connectivity index (χ4n) is 2.39. The monoisotopic (exact) mass is 357 g/mol. The van der Waals surface area contributed by atoms with Crippen LogP contribution in [0, 0.1) is 0 Å². The smallest absolute Gasteiger partial charge is 0.251 e. The lowest BCUT2D eigenvalue weighted by Crippen LogP contribution is -2.41. The Kier molecular flexibility index (Phi) is 8.44. The third-order valence-electron chi connectivity index (χ3n) is 3.71. The van der Waals surface area contributed by atoms with E-state index in [4.69, 9.17) is 0 Å². The summed E-state index contributed by atoms with van der Waals surface area (Å²) in [6.07, 6.45) is 0.541. The minimum Gasteiger partial charge on any atom is -0.355 e. The zero-order valence-electron chi connectivity index (χ0n) is 13.5. The Morgan fingerprint density at radius 1 is 1.35 bits per heavy atom. The molecule has 0 aromatic heterocycles. The van der Waals surface area contributed by atoms with Gasteiger partial charge in [-0.15, -0.1) is 12.4 Å². The van der Waals surface area contributed by atoms with E-state index in [1.165, 1.54) is 0 Å². The first-order valence-electron chi connectivity index (χ1n) is 7.46. The van der Waals surface area contributed by atoms with E-state index in [2.05, 4.69) is 10.6 Å². The Morgan fingerprint density at radius 2 is 2.04 bits per heavy atom. The van der Waals surface area contributed by atoms with Crippen molar-refractivity contribution < 1.29 is 9.59 Å². The lowest BCUT2D eigenvalue weighted by molar-refractivity contribution is -0.130. The molecule has 0 saturated carbocycles. The number of halogens is 1. The molecule has 5 nitrogen and oxygen atoms in total. The summed E-state index contributed by atoms with van der Waals surface area (Å²) >= 11 is 1.90. The first kappa shape index (κ1) is 19.8. The number of hydrogen-bond acceptors (Lipinski definition) is 4. The fraction of sp³-hybridized carbons (Fsp3) is 0.500. The second kappa shape index (κ2) is 9.80. The number of carbonyl (C=O) groups is 2. The van der Waals surface area contributed by atoms with Crippen LogP contribution in [0.4, 0.5) is 0 Å². The molecule has 1 aromatic rings. The van der Waals surface area contributed by atoms with Crippen LogP contribution in [0.1, 0.15) is 22.3 Å². The van der Waals surface area contributed by atoms with Crippen LogP contribution in [0.5, 0.6) is 0 Å². The molecule has 2 rings (SSSR count). The molecule has 23 heavy (non-hydrogen) atoms. The van der Waals surface area contributed by atoms with Gasteiger partial charge in [-0.2, -0.15) is 11.8 Å².